The van der Waals surface area contributed by atoms with E-state index in [-0.39, 0.29) is 22.9 Å². The number of fused-ring (bicyclic) bond motifs is 2. The molecule has 0 saturated carbocycles. The maximum absolute atomic E-state index is 14.0. The van der Waals surface area contributed by atoms with Crippen LogP contribution in [0.2, 0.25) is 0 Å². The highest BCUT2D eigenvalue weighted by atomic mass is 19.1. The summed E-state index contributed by atoms with van der Waals surface area (Å²) in [6.07, 6.45) is 1.64. The lowest BCUT2D eigenvalue weighted by Crippen LogP contribution is -2.46. The number of likely N-dealkylation sites (tertiary alicyclic amines) is 1. The fraction of sp³-hybridized carbons (Fsp3) is 0.292. The topological polar surface area (TPSA) is 68.7 Å². The van der Waals surface area contributed by atoms with Gasteiger partial charge in [0, 0.05) is 30.6 Å². The van der Waals surface area contributed by atoms with Crippen molar-refractivity contribution in [3.8, 4) is 17.1 Å². The van der Waals surface area contributed by atoms with Crippen molar-refractivity contribution in [3.05, 3.63) is 77.3 Å². The van der Waals surface area contributed by atoms with E-state index < -0.39 is 0 Å². The van der Waals surface area contributed by atoms with Crippen molar-refractivity contribution < 1.29 is 18.3 Å². The highest BCUT2D eigenvalue weighted by molar-refractivity contribution is 5.92. The van der Waals surface area contributed by atoms with Gasteiger partial charge in [-0.05, 0) is 48.7 Å². The molecule has 0 bridgehead atoms. The third kappa shape index (κ3) is 3.08. The summed E-state index contributed by atoms with van der Waals surface area (Å²) in [6.45, 7) is 2.36. The van der Waals surface area contributed by atoms with Crippen LogP contribution in [0.5, 0.6) is 5.75 Å². The molecule has 5 rings (SSSR count). The number of nitrogens with zero attached hydrogens (tertiary/aromatic N) is 1. The minimum absolute atomic E-state index is 0.0706. The molecule has 1 spiro atoms. The van der Waals surface area contributed by atoms with Crippen molar-refractivity contribution in [1.29, 1.82) is 0 Å². The Morgan fingerprint density at radius 1 is 1.10 bits per heavy atom. The molecule has 2 aliphatic rings. The van der Waals surface area contributed by atoms with Crippen LogP contribution in [0, 0.1) is 5.82 Å². The minimum atomic E-state index is -0.373. The molecule has 0 radical (unpaired) electrons. The van der Waals surface area contributed by atoms with E-state index in [4.69, 9.17) is 14.9 Å². The van der Waals surface area contributed by atoms with Gasteiger partial charge in [0.15, 0.2) is 5.76 Å². The Hall–Kier alpha value is -3.12. The van der Waals surface area contributed by atoms with Gasteiger partial charge in [0.05, 0.1) is 12.2 Å². The van der Waals surface area contributed by atoms with Gasteiger partial charge in [0.25, 0.3) is 5.91 Å². The molecule has 2 N–H and O–H groups in total. The largest absolute Gasteiger partial charge is 0.492 e. The van der Waals surface area contributed by atoms with E-state index in [1.807, 2.05) is 12.1 Å². The maximum atomic E-state index is 14.0. The first-order valence-corrected chi connectivity index (χ1v) is 10.2. The van der Waals surface area contributed by atoms with Crippen molar-refractivity contribution in [1.82, 2.24) is 4.90 Å². The van der Waals surface area contributed by atoms with Gasteiger partial charge in [0.2, 0.25) is 0 Å². The molecule has 3 heterocycles. The zero-order valence-electron chi connectivity index (χ0n) is 16.6. The molecule has 0 unspecified atom stereocenters. The number of hydrogen-bond donors (Lipinski definition) is 1. The fourth-order valence-electron chi connectivity index (χ4n) is 4.50. The molecule has 154 valence electrons. The van der Waals surface area contributed by atoms with Gasteiger partial charge < -0.3 is 19.8 Å². The second kappa shape index (κ2) is 7.29. The number of hydrogen-bond acceptors (Lipinski definition) is 4. The summed E-state index contributed by atoms with van der Waals surface area (Å²) >= 11 is 0. The standard InChI is InChI=1S/C24H23FN2O3/c25-19-4-2-1-3-17(19)20-7-8-22(30-20)23(28)27-11-9-24(10-12-27)15-29-21-6-5-16(14-26)13-18(21)24/h1-8,13H,9-12,14-15,26H2. The van der Waals surface area contributed by atoms with Crippen LogP contribution in [0.3, 0.4) is 0 Å². The second-order valence-electron chi connectivity index (χ2n) is 8.04. The number of carbonyl (C=O) groups is 1. The van der Waals surface area contributed by atoms with Crippen molar-refractivity contribution in [2.24, 2.45) is 5.73 Å². The Kier molecular flexibility index (Phi) is 4.59. The fourth-order valence-corrected chi connectivity index (χ4v) is 4.50. The average molecular weight is 406 g/mol. The number of halogens is 1. The maximum Gasteiger partial charge on any atom is 0.289 e. The third-order valence-corrected chi connectivity index (χ3v) is 6.32. The highest BCUT2D eigenvalue weighted by Gasteiger charge is 2.44. The lowest BCUT2D eigenvalue weighted by atomic mass is 9.74. The van der Waals surface area contributed by atoms with Gasteiger partial charge in [-0.15, -0.1) is 0 Å². The predicted molar refractivity (Wildman–Crippen MR) is 111 cm³/mol. The Bertz CT molecular complexity index is 1100. The highest BCUT2D eigenvalue weighted by Crippen LogP contribution is 2.46. The normalized spacial score (nSPS) is 17.1. The SMILES string of the molecule is NCc1ccc2c(c1)C1(CCN(C(=O)c3ccc(-c4ccccc4F)o3)CC1)CO2. The molecule has 0 atom stereocenters. The summed E-state index contributed by atoms with van der Waals surface area (Å²) in [5.41, 5.74) is 8.39. The van der Waals surface area contributed by atoms with Gasteiger partial charge >= 0.3 is 0 Å². The molecule has 1 aromatic heterocycles. The average Bonchev–Trinajstić information content (AvgIpc) is 3.40. The number of carbonyl (C=O) groups excluding carboxylic acids is 1. The zero-order valence-corrected chi connectivity index (χ0v) is 16.6. The Labute approximate surface area is 174 Å². The van der Waals surface area contributed by atoms with E-state index in [0.29, 0.717) is 37.6 Å². The van der Waals surface area contributed by atoms with Crippen molar-refractivity contribution in [2.45, 2.75) is 24.8 Å². The minimum Gasteiger partial charge on any atom is -0.492 e. The van der Waals surface area contributed by atoms with Crippen LogP contribution in [0.4, 0.5) is 4.39 Å². The molecule has 5 nitrogen and oxygen atoms in total. The van der Waals surface area contributed by atoms with Crippen molar-refractivity contribution in [3.63, 3.8) is 0 Å². The van der Waals surface area contributed by atoms with E-state index >= 15 is 0 Å². The van der Waals surface area contributed by atoms with Crippen LogP contribution in [0.1, 0.15) is 34.5 Å². The molecule has 1 fully saturated rings. The molecule has 1 saturated heterocycles. The molecule has 0 aliphatic carbocycles. The number of piperidine rings is 1. The van der Waals surface area contributed by atoms with E-state index in [0.717, 1.165) is 24.2 Å². The van der Waals surface area contributed by atoms with Crippen LogP contribution in [-0.4, -0.2) is 30.5 Å². The van der Waals surface area contributed by atoms with Gasteiger partial charge in [-0.3, -0.25) is 4.79 Å². The quantitative estimate of drug-likeness (QED) is 0.711. The summed E-state index contributed by atoms with van der Waals surface area (Å²) in [6, 6.07) is 15.8. The Morgan fingerprint density at radius 3 is 2.67 bits per heavy atom. The van der Waals surface area contributed by atoms with Crippen LogP contribution in [-0.2, 0) is 12.0 Å². The summed E-state index contributed by atoms with van der Waals surface area (Å²) in [5, 5.41) is 0. The lowest BCUT2D eigenvalue weighted by Gasteiger charge is -2.38. The van der Waals surface area contributed by atoms with E-state index in [1.54, 1.807) is 35.2 Å². The monoisotopic (exact) mass is 406 g/mol. The lowest BCUT2D eigenvalue weighted by molar-refractivity contribution is 0.0616. The molecule has 2 aliphatic heterocycles. The summed E-state index contributed by atoms with van der Waals surface area (Å²) < 4.78 is 25.6. The van der Waals surface area contributed by atoms with Crippen LogP contribution < -0.4 is 10.5 Å². The van der Waals surface area contributed by atoms with Gasteiger partial charge in [-0.2, -0.15) is 0 Å². The smallest absolute Gasteiger partial charge is 0.289 e. The summed E-state index contributed by atoms with van der Waals surface area (Å²) in [7, 11) is 0. The van der Waals surface area contributed by atoms with Gasteiger partial charge in [0.1, 0.15) is 17.3 Å². The molecular weight excluding hydrogens is 383 g/mol. The van der Waals surface area contributed by atoms with E-state index in [9.17, 15) is 9.18 Å². The number of benzene rings is 2. The second-order valence-corrected chi connectivity index (χ2v) is 8.04. The first-order chi connectivity index (χ1) is 14.6. The number of furan rings is 1. The van der Waals surface area contributed by atoms with Crippen LogP contribution >= 0.6 is 0 Å². The third-order valence-electron chi connectivity index (χ3n) is 6.32. The Balaban J connectivity index is 1.32. The molecule has 3 aromatic rings. The van der Waals surface area contributed by atoms with Gasteiger partial charge in [-0.1, -0.05) is 24.3 Å². The number of ether oxygens (including phenoxy) is 1. The van der Waals surface area contributed by atoms with E-state index in [1.165, 1.54) is 11.6 Å². The number of rotatable bonds is 3. The summed E-state index contributed by atoms with van der Waals surface area (Å²) in [4.78, 5) is 14.8. The Morgan fingerprint density at radius 2 is 1.90 bits per heavy atom. The van der Waals surface area contributed by atoms with Crippen LogP contribution in [0.15, 0.2) is 59.0 Å². The number of amides is 1. The molecule has 30 heavy (non-hydrogen) atoms. The molecule has 1 amide bonds. The first-order valence-electron chi connectivity index (χ1n) is 10.2. The molecule has 2 aromatic carbocycles. The van der Waals surface area contributed by atoms with Crippen molar-refractivity contribution in [2.75, 3.05) is 19.7 Å². The zero-order chi connectivity index (χ0) is 20.7. The van der Waals surface area contributed by atoms with Crippen LogP contribution in [0.25, 0.3) is 11.3 Å². The molecule has 6 heteroatoms. The molecular formula is C24H23FN2O3. The predicted octanol–water partition coefficient (Wildman–Crippen LogP) is 4.11. The van der Waals surface area contributed by atoms with Gasteiger partial charge in [-0.25, -0.2) is 4.39 Å². The number of nitrogens with two attached hydrogens (primary N) is 1. The first kappa shape index (κ1) is 18.9. The van der Waals surface area contributed by atoms with Crippen molar-refractivity contribution >= 4 is 5.91 Å². The summed E-state index contributed by atoms with van der Waals surface area (Å²) in [5.74, 6) is 0.979. The van der Waals surface area contributed by atoms with E-state index in [2.05, 4.69) is 6.07 Å².